The van der Waals surface area contributed by atoms with E-state index in [0.717, 1.165) is 13.0 Å². The van der Waals surface area contributed by atoms with Crippen LogP contribution in [-0.2, 0) is 31.9 Å². The van der Waals surface area contributed by atoms with Crippen LogP contribution in [0.3, 0.4) is 0 Å². The number of piperidine rings is 1. The molecule has 40 heavy (non-hydrogen) atoms. The van der Waals surface area contributed by atoms with Gasteiger partial charge in [0.25, 0.3) is 0 Å². The number of carboxylic acids is 1. The predicted octanol–water partition coefficient (Wildman–Crippen LogP) is 0.0810. The number of carboxylic acid groups (broad SMARTS) is 1. The second-order valence-electron chi connectivity index (χ2n) is 9.78. The summed E-state index contributed by atoms with van der Waals surface area (Å²) in [5.41, 5.74) is 1.41. The van der Waals surface area contributed by atoms with Gasteiger partial charge in [0, 0.05) is 32.1 Å². The van der Waals surface area contributed by atoms with E-state index >= 15 is 0 Å². The number of carbonyl (C=O) groups excluding carboxylic acids is 1. The number of fused-ring (bicyclic) bond motifs is 1. The third-order valence-electron chi connectivity index (χ3n) is 6.88. The molecule has 1 aromatic carbocycles. The molecule has 1 atom stereocenters. The molecule has 2 aliphatic heterocycles. The van der Waals surface area contributed by atoms with Crippen molar-refractivity contribution < 1.29 is 23.1 Å². The van der Waals surface area contributed by atoms with Crippen LogP contribution in [0.25, 0.3) is 11.2 Å². The fourth-order valence-corrected chi connectivity index (χ4v) is 6.16. The average Bonchev–Trinajstić information content (AvgIpc) is 3.36. The van der Waals surface area contributed by atoms with Gasteiger partial charge in [-0.3, -0.25) is 19.9 Å². The smallest absolute Gasteiger partial charge is 0.323 e. The Bertz CT molecular complexity index is 1500. The first kappa shape index (κ1) is 27.5. The first-order valence-corrected chi connectivity index (χ1v) is 14.7. The quantitative estimate of drug-likeness (QED) is 0.275. The van der Waals surface area contributed by atoms with Crippen molar-refractivity contribution in [1.29, 1.82) is 0 Å². The number of carbonyl (C=O) groups is 2. The maximum atomic E-state index is 12.7. The van der Waals surface area contributed by atoms with Gasteiger partial charge in [-0.15, -0.1) is 0 Å². The lowest BCUT2D eigenvalue weighted by Gasteiger charge is -2.32. The van der Waals surface area contributed by atoms with E-state index in [9.17, 15) is 23.1 Å². The second-order valence-corrected chi connectivity index (χ2v) is 11.5. The number of hydrogen-bond donors (Lipinski definition) is 4. The largest absolute Gasteiger partial charge is 0.480 e. The molecular formula is C25H31N9O5S. The lowest BCUT2D eigenvalue weighted by molar-refractivity contribution is -0.139. The molecule has 0 saturated carbocycles. The number of anilines is 1. The predicted molar refractivity (Wildman–Crippen MR) is 147 cm³/mol. The maximum absolute atomic E-state index is 12.7. The van der Waals surface area contributed by atoms with E-state index in [1.54, 1.807) is 30.3 Å². The van der Waals surface area contributed by atoms with Gasteiger partial charge in [0.2, 0.25) is 15.9 Å². The molecule has 1 amide bonds. The van der Waals surface area contributed by atoms with Gasteiger partial charge in [-0.2, -0.15) is 4.72 Å². The topological polar surface area (TPSA) is 184 Å². The van der Waals surface area contributed by atoms with Crippen LogP contribution in [0.5, 0.6) is 0 Å². The summed E-state index contributed by atoms with van der Waals surface area (Å²) in [6.45, 7) is 2.43. The monoisotopic (exact) mass is 569 g/mol. The second kappa shape index (κ2) is 12.0. The van der Waals surface area contributed by atoms with Crippen molar-refractivity contribution in [3.8, 4) is 0 Å². The van der Waals surface area contributed by atoms with Gasteiger partial charge in [0.15, 0.2) is 22.9 Å². The molecule has 0 radical (unpaired) electrons. The number of rotatable bonds is 9. The van der Waals surface area contributed by atoms with Gasteiger partial charge in [-0.05, 0) is 24.8 Å². The number of benzene rings is 1. The van der Waals surface area contributed by atoms with Crippen LogP contribution >= 0.6 is 0 Å². The summed E-state index contributed by atoms with van der Waals surface area (Å²) < 4.78 is 29.2. The van der Waals surface area contributed by atoms with E-state index in [2.05, 4.69) is 35.3 Å². The number of imidazole rings is 1. The Morgan fingerprint density at radius 1 is 1.12 bits per heavy atom. The van der Waals surface area contributed by atoms with Crippen LogP contribution < -0.4 is 20.3 Å². The first-order valence-electron chi connectivity index (χ1n) is 13.1. The first-order chi connectivity index (χ1) is 19.3. The fourth-order valence-electron chi connectivity index (χ4n) is 4.84. The van der Waals surface area contributed by atoms with Crippen molar-refractivity contribution in [2.75, 3.05) is 31.1 Å². The Kier molecular flexibility index (Phi) is 8.21. The van der Waals surface area contributed by atoms with Crippen molar-refractivity contribution in [1.82, 2.24) is 34.9 Å². The van der Waals surface area contributed by atoms with Gasteiger partial charge in [0.05, 0.1) is 18.6 Å². The number of aliphatic imine (C=N–C) groups is 1. The molecule has 0 spiro atoms. The highest BCUT2D eigenvalue weighted by Gasteiger charge is 2.29. The Hall–Kier alpha value is -4.11. The number of amides is 1. The van der Waals surface area contributed by atoms with E-state index in [1.165, 1.54) is 17.2 Å². The fraction of sp³-hybridized carbons (Fsp3) is 0.440. The molecule has 0 aliphatic carbocycles. The van der Waals surface area contributed by atoms with Gasteiger partial charge >= 0.3 is 5.97 Å². The van der Waals surface area contributed by atoms with Crippen molar-refractivity contribution in [2.45, 2.75) is 37.6 Å². The zero-order valence-electron chi connectivity index (χ0n) is 21.7. The molecule has 1 unspecified atom stereocenters. The highest BCUT2D eigenvalue weighted by molar-refractivity contribution is 7.88. The third kappa shape index (κ3) is 6.54. The van der Waals surface area contributed by atoms with E-state index in [1.807, 2.05) is 4.90 Å². The molecule has 2 aliphatic rings. The number of aliphatic carboxylic acids is 1. The minimum Gasteiger partial charge on any atom is -0.480 e. The molecule has 2 aromatic heterocycles. The van der Waals surface area contributed by atoms with Gasteiger partial charge in [-0.25, -0.2) is 23.4 Å². The van der Waals surface area contributed by atoms with Crippen molar-refractivity contribution in [2.24, 2.45) is 10.9 Å². The van der Waals surface area contributed by atoms with Gasteiger partial charge in [-0.1, -0.05) is 30.3 Å². The molecule has 5 rings (SSSR count). The van der Waals surface area contributed by atoms with E-state index in [-0.39, 0.29) is 24.1 Å². The van der Waals surface area contributed by atoms with Crippen LogP contribution in [0.1, 0.15) is 24.8 Å². The molecule has 1 saturated heterocycles. The summed E-state index contributed by atoms with van der Waals surface area (Å²) in [5.74, 6) is -0.756. The summed E-state index contributed by atoms with van der Waals surface area (Å²) in [6, 6.07) is 7.10. The van der Waals surface area contributed by atoms with Crippen molar-refractivity contribution in [3.05, 3.63) is 48.5 Å². The van der Waals surface area contributed by atoms with E-state index in [0.29, 0.717) is 61.0 Å². The molecule has 4 heterocycles. The van der Waals surface area contributed by atoms with Crippen molar-refractivity contribution >= 4 is 44.8 Å². The molecule has 4 N–H and O–H groups in total. The number of nitrogens with one attached hydrogen (secondary N) is 3. The molecule has 14 nitrogen and oxygen atoms in total. The normalized spacial score (nSPS) is 17.2. The van der Waals surface area contributed by atoms with Crippen LogP contribution in [0, 0.1) is 5.92 Å². The highest BCUT2D eigenvalue weighted by Crippen LogP contribution is 2.27. The zero-order valence-corrected chi connectivity index (χ0v) is 22.5. The Morgan fingerprint density at radius 2 is 1.90 bits per heavy atom. The van der Waals surface area contributed by atoms with Gasteiger partial charge in [0.1, 0.15) is 12.4 Å². The number of sulfonamides is 1. The molecule has 3 aromatic rings. The average molecular weight is 570 g/mol. The lowest BCUT2D eigenvalue weighted by Crippen LogP contribution is -2.48. The zero-order chi connectivity index (χ0) is 28.1. The number of hydrogen-bond acceptors (Lipinski definition) is 10. The van der Waals surface area contributed by atoms with Crippen LogP contribution in [-0.4, -0.2) is 83.1 Å². The van der Waals surface area contributed by atoms with E-state index in [4.69, 9.17) is 0 Å². The number of guanidine groups is 1. The summed E-state index contributed by atoms with van der Waals surface area (Å²) in [4.78, 5) is 44.1. The van der Waals surface area contributed by atoms with Gasteiger partial charge < -0.3 is 19.9 Å². The standard InChI is InChI=1S/C25H31N9O5S/c35-23(31-25-26-9-4-10-27-25)18-7-11-33(12-8-18)21-20-22(29-15-28-21)34(16-30-20)13-19(24(36)37)32-40(38,39)14-17-5-2-1-3-6-17/h1-3,5-6,15-16,18-19,32H,4,7-14H2,(H,36,37)(H2,26,27,31,35). The van der Waals surface area contributed by atoms with Crippen LogP contribution in [0.15, 0.2) is 48.0 Å². The van der Waals surface area contributed by atoms with Crippen molar-refractivity contribution in [3.63, 3.8) is 0 Å². The molecule has 1 fully saturated rings. The Labute approximate surface area is 231 Å². The molecule has 15 heteroatoms. The van der Waals surface area contributed by atoms with E-state index < -0.39 is 22.0 Å². The highest BCUT2D eigenvalue weighted by atomic mass is 32.2. The minimum atomic E-state index is -3.93. The summed E-state index contributed by atoms with van der Waals surface area (Å²) in [7, 11) is -3.93. The molecular weight excluding hydrogens is 538 g/mol. The minimum absolute atomic E-state index is 0.0562. The molecule has 212 valence electrons. The third-order valence-corrected chi connectivity index (χ3v) is 8.24. The maximum Gasteiger partial charge on any atom is 0.323 e. The number of nitrogens with zero attached hydrogens (tertiary/aromatic N) is 6. The summed E-state index contributed by atoms with van der Waals surface area (Å²) >= 11 is 0. The Balaban J connectivity index is 1.25. The van der Waals surface area contributed by atoms with Crippen LogP contribution in [0.4, 0.5) is 5.82 Å². The summed E-state index contributed by atoms with van der Waals surface area (Å²) in [5, 5.41) is 15.7. The van der Waals surface area contributed by atoms with Crippen LogP contribution in [0.2, 0.25) is 0 Å². The lowest BCUT2D eigenvalue weighted by atomic mass is 9.96. The summed E-state index contributed by atoms with van der Waals surface area (Å²) in [6.07, 6.45) is 4.99. The Morgan fingerprint density at radius 3 is 2.60 bits per heavy atom. The number of aromatic nitrogens is 4. The molecule has 0 bridgehead atoms. The SMILES string of the molecule is O=C(NC1=NCCCN1)C1CCN(c2ncnc3c2ncn3CC(NS(=O)(=O)Cc2ccccc2)C(=O)O)CC1.